The minimum absolute atomic E-state index is 0.242. The molecule has 9 aromatic rings. The van der Waals surface area contributed by atoms with Crippen molar-refractivity contribution in [3.05, 3.63) is 241 Å². The van der Waals surface area contributed by atoms with Crippen LogP contribution in [-0.2, 0) is 6.42 Å². The van der Waals surface area contributed by atoms with Gasteiger partial charge in [-0.25, -0.2) is 0 Å². The molecule has 2 nitrogen and oxygen atoms in total. The first-order valence-electron chi connectivity index (χ1n) is 20.1. The molecule has 0 aliphatic heterocycles. The maximum Gasteiger partial charge on any atom is 0.134 e. The Kier molecular flexibility index (Phi) is 8.33. The van der Waals surface area contributed by atoms with Crippen LogP contribution in [0.5, 0.6) is 0 Å². The quantitative estimate of drug-likeness (QED) is 0.162. The zero-order valence-corrected chi connectivity index (χ0v) is 31.9. The van der Waals surface area contributed by atoms with Gasteiger partial charge in [0.15, 0.2) is 0 Å². The van der Waals surface area contributed by atoms with Crippen molar-refractivity contribution in [1.29, 1.82) is 0 Å². The standard InChI is InChI=1S/C56H39NO/c1-2-13-38(14-3-1)40-29-33-45(34-30-40)57(46-35-31-41(32-36-46)39-25-27-43(28-26-39)48-22-12-17-42-15-4-6-18-47(42)48)52-23-10-8-20-50(52)55-49-19-7-5-16-44(49)37-54-56(55)51-21-9-11-24-53(51)58-54/h1-36,44H,37H2. The first-order valence-corrected chi connectivity index (χ1v) is 20.1. The van der Waals surface area contributed by atoms with Crippen molar-refractivity contribution < 1.29 is 4.42 Å². The number of hydrogen-bond donors (Lipinski definition) is 0. The maximum atomic E-state index is 6.62. The summed E-state index contributed by atoms with van der Waals surface area (Å²) in [6.45, 7) is 0. The molecule has 2 aliphatic rings. The topological polar surface area (TPSA) is 16.4 Å². The predicted molar refractivity (Wildman–Crippen MR) is 243 cm³/mol. The van der Waals surface area contributed by atoms with Crippen molar-refractivity contribution in [1.82, 2.24) is 0 Å². The summed E-state index contributed by atoms with van der Waals surface area (Å²) in [6.07, 6.45) is 9.82. The molecular weight excluding hydrogens is 703 g/mol. The van der Waals surface area contributed by atoms with E-state index in [4.69, 9.17) is 4.42 Å². The van der Waals surface area contributed by atoms with E-state index in [-0.39, 0.29) is 5.92 Å². The Hall–Kier alpha value is -7.42. The van der Waals surface area contributed by atoms with Gasteiger partial charge in [-0.1, -0.05) is 182 Å². The lowest BCUT2D eigenvalue weighted by molar-refractivity contribution is 0.520. The van der Waals surface area contributed by atoms with E-state index in [1.807, 2.05) is 0 Å². The highest BCUT2D eigenvalue weighted by molar-refractivity contribution is 6.03. The molecule has 58 heavy (non-hydrogen) atoms. The number of rotatable bonds is 7. The van der Waals surface area contributed by atoms with Gasteiger partial charge < -0.3 is 9.32 Å². The number of fused-ring (bicyclic) bond motifs is 5. The molecule has 0 amide bonds. The SMILES string of the molecule is C1=CC2=C(c3ccccc3N(c3ccc(-c4ccccc4)cc3)c3ccc(-c4ccc(-c5cccc6ccccc56)cc4)cc3)c3c(oc4ccccc34)CC2C=C1. The van der Waals surface area contributed by atoms with Crippen LogP contribution in [0.25, 0.3) is 60.7 Å². The molecule has 0 radical (unpaired) electrons. The Morgan fingerprint density at radius 1 is 0.448 bits per heavy atom. The van der Waals surface area contributed by atoms with Gasteiger partial charge in [0.1, 0.15) is 11.3 Å². The number of furan rings is 1. The van der Waals surface area contributed by atoms with Crippen LogP contribution >= 0.6 is 0 Å². The van der Waals surface area contributed by atoms with Crippen molar-refractivity contribution in [3.63, 3.8) is 0 Å². The Morgan fingerprint density at radius 3 is 1.78 bits per heavy atom. The van der Waals surface area contributed by atoms with Crippen LogP contribution in [0.1, 0.15) is 16.9 Å². The molecule has 0 fully saturated rings. The molecule has 8 aromatic carbocycles. The van der Waals surface area contributed by atoms with Gasteiger partial charge in [0, 0.05) is 40.2 Å². The van der Waals surface area contributed by atoms with Gasteiger partial charge in [0.25, 0.3) is 0 Å². The summed E-state index contributed by atoms with van der Waals surface area (Å²) >= 11 is 0. The smallest absolute Gasteiger partial charge is 0.134 e. The number of allylic oxidation sites excluding steroid dienone is 5. The summed E-state index contributed by atoms with van der Waals surface area (Å²) in [5.74, 6) is 1.29. The molecule has 0 saturated carbocycles. The van der Waals surface area contributed by atoms with Crippen LogP contribution < -0.4 is 4.90 Å². The highest BCUT2D eigenvalue weighted by Crippen LogP contribution is 2.49. The lowest BCUT2D eigenvalue weighted by Gasteiger charge is -2.32. The first-order chi connectivity index (χ1) is 28.8. The van der Waals surface area contributed by atoms with Gasteiger partial charge in [0.2, 0.25) is 0 Å². The van der Waals surface area contributed by atoms with E-state index in [2.05, 4.69) is 223 Å². The summed E-state index contributed by atoms with van der Waals surface area (Å²) in [5.41, 5.74) is 16.4. The molecule has 2 heteroatoms. The Bertz CT molecular complexity index is 3050. The Morgan fingerprint density at radius 2 is 1.02 bits per heavy atom. The first kappa shape index (κ1) is 33.9. The maximum absolute atomic E-state index is 6.62. The van der Waals surface area contributed by atoms with Gasteiger partial charge in [0.05, 0.1) is 5.69 Å². The van der Waals surface area contributed by atoms with E-state index >= 15 is 0 Å². The minimum Gasteiger partial charge on any atom is -0.460 e. The third-order valence-corrected chi connectivity index (χ3v) is 11.8. The average Bonchev–Trinajstić information content (AvgIpc) is 3.67. The van der Waals surface area contributed by atoms with E-state index in [1.165, 1.54) is 66.4 Å². The van der Waals surface area contributed by atoms with Crippen LogP contribution in [0.3, 0.4) is 0 Å². The molecule has 0 spiro atoms. The van der Waals surface area contributed by atoms with Gasteiger partial charge >= 0.3 is 0 Å². The van der Waals surface area contributed by atoms with Crippen LogP contribution in [0.2, 0.25) is 0 Å². The summed E-state index contributed by atoms with van der Waals surface area (Å²) in [7, 11) is 0. The Balaban J connectivity index is 1.03. The molecule has 274 valence electrons. The second-order valence-electron chi connectivity index (χ2n) is 15.2. The fraction of sp³-hybridized carbons (Fsp3) is 0.0357. The van der Waals surface area contributed by atoms with Crippen LogP contribution in [0, 0.1) is 5.92 Å². The number of nitrogens with zero attached hydrogens (tertiary/aromatic N) is 1. The predicted octanol–water partition coefficient (Wildman–Crippen LogP) is 15.2. The summed E-state index contributed by atoms with van der Waals surface area (Å²) in [6, 6.07) is 70.1. The molecule has 0 bridgehead atoms. The highest BCUT2D eigenvalue weighted by atomic mass is 16.3. The molecule has 11 rings (SSSR count). The van der Waals surface area contributed by atoms with E-state index in [0.29, 0.717) is 0 Å². The minimum atomic E-state index is 0.242. The molecule has 1 unspecified atom stereocenters. The highest BCUT2D eigenvalue weighted by Gasteiger charge is 2.33. The number of para-hydroxylation sites is 2. The molecular formula is C56H39NO. The third kappa shape index (κ3) is 5.90. The Labute approximate surface area is 339 Å². The normalized spacial score (nSPS) is 14.4. The van der Waals surface area contributed by atoms with Crippen LogP contribution in [0.4, 0.5) is 17.1 Å². The largest absolute Gasteiger partial charge is 0.460 e. The van der Waals surface area contributed by atoms with Gasteiger partial charge in [-0.3, -0.25) is 0 Å². The number of anilines is 3. The van der Waals surface area contributed by atoms with Crippen molar-refractivity contribution in [2.45, 2.75) is 6.42 Å². The molecule has 1 heterocycles. The molecule has 1 aromatic heterocycles. The van der Waals surface area contributed by atoms with Crippen molar-refractivity contribution in [2.75, 3.05) is 4.90 Å². The summed E-state index contributed by atoms with van der Waals surface area (Å²) < 4.78 is 6.62. The lowest BCUT2D eigenvalue weighted by atomic mass is 9.76. The van der Waals surface area contributed by atoms with Gasteiger partial charge in [-0.15, -0.1) is 0 Å². The molecule has 0 N–H and O–H groups in total. The fourth-order valence-electron chi connectivity index (χ4n) is 9.04. The monoisotopic (exact) mass is 741 g/mol. The molecule has 0 saturated heterocycles. The van der Waals surface area contributed by atoms with Gasteiger partial charge in [-0.2, -0.15) is 0 Å². The summed E-state index contributed by atoms with van der Waals surface area (Å²) in [5, 5.41) is 3.69. The average molecular weight is 742 g/mol. The third-order valence-electron chi connectivity index (χ3n) is 11.8. The number of benzene rings is 8. The number of hydrogen-bond acceptors (Lipinski definition) is 2. The van der Waals surface area contributed by atoms with E-state index in [0.717, 1.165) is 40.2 Å². The zero-order valence-electron chi connectivity index (χ0n) is 31.9. The van der Waals surface area contributed by atoms with Gasteiger partial charge in [-0.05, 0) is 91.7 Å². The second-order valence-corrected chi connectivity index (χ2v) is 15.2. The zero-order chi connectivity index (χ0) is 38.4. The molecule has 2 aliphatic carbocycles. The van der Waals surface area contributed by atoms with E-state index in [9.17, 15) is 0 Å². The lowest BCUT2D eigenvalue weighted by Crippen LogP contribution is -2.17. The van der Waals surface area contributed by atoms with E-state index < -0.39 is 0 Å². The second kappa shape index (κ2) is 14.3. The van der Waals surface area contributed by atoms with Crippen molar-refractivity contribution in [3.8, 4) is 33.4 Å². The van der Waals surface area contributed by atoms with Crippen LogP contribution in [0.15, 0.2) is 228 Å². The fourth-order valence-corrected chi connectivity index (χ4v) is 9.04. The summed E-state index contributed by atoms with van der Waals surface area (Å²) in [4.78, 5) is 2.42. The van der Waals surface area contributed by atoms with Crippen molar-refractivity contribution >= 4 is 44.4 Å². The molecule has 1 atom stereocenters. The van der Waals surface area contributed by atoms with E-state index in [1.54, 1.807) is 0 Å². The van der Waals surface area contributed by atoms with Crippen molar-refractivity contribution in [2.24, 2.45) is 5.92 Å². The van der Waals surface area contributed by atoms with Crippen LogP contribution in [-0.4, -0.2) is 0 Å².